The molecule has 3 nitrogen and oxygen atoms in total. The summed E-state index contributed by atoms with van der Waals surface area (Å²) in [6.45, 7) is 8.49. The number of alkyl halides is 1. The SMILES string of the molecule is CCCCCCCC/C=C\CCCCCCCC(OCC(CCCCCCCC)SSCCCCCCCCCC)OS(C)(C)OCCCCCCBr. The molecule has 0 amide bonds. The molecule has 0 saturated carbocycles. The maximum atomic E-state index is 6.73. The molecule has 0 aromatic rings. The van der Waals surface area contributed by atoms with E-state index in [0.29, 0.717) is 5.25 Å². The Balaban J connectivity index is 4.83. The molecular weight excluding hydrogens is 777 g/mol. The van der Waals surface area contributed by atoms with Crippen molar-refractivity contribution in [3.05, 3.63) is 12.2 Å². The van der Waals surface area contributed by atoms with Crippen LogP contribution in [-0.4, -0.2) is 48.3 Å². The van der Waals surface area contributed by atoms with Crippen LogP contribution in [0.4, 0.5) is 0 Å². The van der Waals surface area contributed by atoms with Gasteiger partial charge in [0, 0.05) is 35.3 Å². The van der Waals surface area contributed by atoms with Gasteiger partial charge in [-0.3, -0.25) is 8.37 Å². The minimum Gasteiger partial charge on any atom is -0.349 e. The van der Waals surface area contributed by atoms with E-state index < -0.39 is 10.6 Å². The smallest absolute Gasteiger partial charge is 0.180 e. The van der Waals surface area contributed by atoms with Gasteiger partial charge in [0.1, 0.15) is 0 Å². The molecular formula is C46H93BrO3S3. The molecule has 0 N–H and O–H groups in total. The highest BCUT2D eigenvalue weighted by Crippen LogP contribution is 2.45. The molecule has 2 atom stereocenters. The highest BCUT2D eigenvalue weighted by Gasteiger charge is 2.21. The van der Waals surface area contributed by atoms with Crippen LogP contribution < -0.4 is 0 Å². The number of allylic oxidation sites excluding steroid dienone is 2. The Kier molecular flexibility index (Phi) is 45.2. The maximum Gasteiger partial charge on any atom is 0.180 e. The Morgan fingerprint density at radius 1 is 0.528 bits per heavy atom. The molecule has 0 radical (unpaired) electrons. The van der Waals surface area contributed by atoms with Crippen LogP contribution in [-0.2, 0) is 13.1 Å². The fourth-order valence-corrected chi connectivity index (χ4v) is 10.9. The normalized spacial score (nSPS) is 13.7. The highest BCUT2D eigenvalue weighted by molar-refractivity contribution is 9.09. The van der Waals surface area contributed by atoms with Gasteiger partial charge < -0.3 is 4.74 Å². The lowest BCUT2D eigenvalue weighted by Gasteiger charge is -2.38. The van der Waals surface area contributed by atoms with Crippen molar-refractivity contribution >= 4 is 48.1 Å². The van der Waals surface area contributed by atoms with Crippen LogP contribution in [0.15, 0.2) is 12.2 Å². The third-order valence-corrected chi connectivity index (χ3v) is 15.0. The summed E-state index contributed by atoms with van der Waals surface area (Å²) in [6.07, 6.45) is 52.6. The second-order valence-corrected chi connectivity index (χ2v) is 22.2. The molecule has 0 rings (SSSR count). The standard InChI is InChI=1S/C46H93BrO3S3/c1-6-9-12-15-18-20-21-22-23-24-25-26-27-30-35-40-46(50-53(4,5)49-42-37-32-31-36-41-47)48-44-45(39-34-29-17-14-11-8-3)52-51-43-38-33-28-19-16-13-10-7-2/h22-23,45-46H,6-21,24-44H2,1-5H3/b23-22-. The van der Waals surface area contributed by atoms with Gasteiger partial charge >= 0.3 is 0 Å². The predicted octanol–water partition coefficient (Wildman–Crippen LogP) is 17.9. The number of halogens is 1. The van der Waals surface area contributed by atoms with Crippen molar-refractivity contribution in [3.8, 4) is 0 Å². The molecule has 0 aromatic carbocycles. The largest absolute Gasteiger partial charge is 0.349 e. The van der Waals surface area contributed by atoms with E-state index in [1.54, 1.807) is 0 Å². The fraction of sp³-hybridized carbons (Fsp3) is 0.957. The predicted molar refractivity (Wildman–Crippen MR) is 252 cm³/mol. The van der Waals surface area contributed by atoms with E-state index in [2.05, 4.69) is 83.0 Å². The summed E-state index contributed by atoms with van der Waals surface area (Å²) in [5.74, 6) is 1.27. The summed E-state index contributed by atoms with van der Waals surface area (Å²) >= 11 is 3.56. The molecule has 2 unspecified atom stereocenters. The van der Waals surface area contributed by atoms with Gasteiger partial charge in [-0.25, -0.2) is 0 Å². The number of hydrogen-bond acceptors (Lipinski definition) is 5. The van der Waals surface area contributed by atoms with Gasteiger partial charge in [-0.2, -0.15) is 10.6 Å². The van der Waals surface area contributed by atoms with Crippen molar-refractivity contribution < 1.29 is 13.1 Å². The van der Waals surface area contributed by atoms with Crippen molar-refractivity contribution in [2.75, 3.05) is 36.8 Å². The first-order chi connectivity index (χ1) is 26.0. The first-order valence-corrected chi connectivity index (χ1v) is 29.0. The second-order valence-electron chi connectivity index (χ2n) is 15.9. The summed E-state index contributed by atoms with van der Waals surface area (Å²) in [6, 6.07) is 0. The lowest BCUT2D eigenvalue weighted by Crippen LogP contribution is -2.24. The molecule has 0 aromatic heterocycles. The van der Waals surface area contributed by atoms with Crippen LogP contribution in [0.1, 0.15) is 233 Å². The third kappa shape index (κ3) is 42.6. The van der Waals surface area contributed by atoms with Crippen LogP contribution in [0.5, 0.6) is 0 Å². The van der Waals surface area contributed by atoms with Crippen LogP contribution in [0, 0.1) is 0 Å². The number of unbranched alkanes of at least 4 members (excludes halogenated alkanes) is 26. The summed E-state index contributed by atoms with van der Waals surface area (Å²) in [7, 11) is 2.58. The molecule has 0 spiro atoms. The first kappa shape index (κ1) is 54.2. The molecule has 0 heterocycles. The molecule has 0 saturated heterocycles. The monoisotopic (exact) mass is 869 g/mol. The van der Waals surface area contributed by atoms with Crippen molar-refractivity contribution in [1.29, 1.82) is 0 Å². The number of hydrogen-bond donors (Lipinski definition) is 0. The molecule has 0 aliphatic rings. The molecule has 0 aliphatic carbocycles. The van der Waals surface area contributed by atoms with Crippen LogP contribution in [0.25, 0.3) is 0 Å². The van der Waals surface area contributed by atoms with Gasteiger partial charge in [-0.15, -0.1) is 0 Å². The van der Waals surface area contributed by atoms with E-state index in [-0.39, 0.29) is 6.29 Å². The fourth-order valence-electron chi connectivity index (χ4n) is 6.60. The van der Waals surface area contributed by atoms with Gasteiger partial charge in [-0.05, 0) is 57.8 Å². The summed E-state index contributed by atoms with van der Waals surface area (Å²) in [5.41, 5.74) is 0. The van der Waals surface area contributed by atoms with Crippen molar-refractivity contribution in [3.63, 3.8) is 0 Å². The van der Waals surface area contributed by atoms with E-state index >= 15 is 0 Å². The molecule has 53 heavy (non-hydrogen) atoms. The van der Waals surface area contributed by atoms with Gasteiger partial charge in [0.2, 0.25) is 0 Å². The Morgan fingerprint density at radius 3 is 1.53 bits per heavy atom. The number of ether oxygens (including phenoxy) is 1. The summed E-state index contributed by atoms with van der Waals surface area (Å²) in [4.78, 5) is 0. The van der Waals surface area contributed by atoms with Gasteiger partial charge in [0.05, 0.1) is 13.2 Å². The minimum absolute atomic E-state index is 0.163. The third-order valence-electron chi connectivity index (χ3n) is 10.1. The van der Waals surface area contributed by atoms with Crippen molar-refractivity contribution in [1.82, 2.24) is 0 Å². The summed E-state index contributed by atoms with van der Waals surface area (Å²) in [5, 5.41) is 1.63. The lowest BCUT2D eigenvalue weighted by atomic mass is 10.1. The van der Waals surface area contributed by atoms with Crippen LogP contribution >= 0.6 is 48.1 Å². The van der Waals surface area contributed by atoms with E-state index in [0.717, 1.165) is 31.4 Å². The quantitative estimate of drug-likeness (QED) is 0.0200. The first-order valence-electron chi connectivity index (χ1n) is 23.2. The number of rotatable bonds is 45. The zero-order valence-corrected chi connectivity index (χ0v) is 40.3. The molecule has 0 aliphatic heterocycles. The van der Waals surface area contributed by atoms with Crippen molar-refractivity contribution in [2.24, 2.45) is 0 Å². The zero-order chi connectivity index (χ0) is 38.8. The lowest BCUT2D eigenvalue weighted by molar-refractivity contribution is -0.0830. The van der Waals surface area contributed by atoms with E-state index in [1.807, 2.05) is 0 Å². The van der Waals surface area contributed by atoms with E-state index in [9.17, 15) is 0 Å². The molecule has 7 heteroatoms. The van der Waals surface area contributed by atoms with Crippen molar-refractivity contribution in [2.45, 2.75) is 244 Å². The molecule has 320 valence electrons. The van der Waals surface area contributed by atoms with Gasteiger partial charge in [0.25, 0.3) is 0 Å². The van der Waals surface area contributed by atoms with Crippen LogP contribution in [0.3, 0.4) is 0 Å². The Labute approximate surface area is 352 Å². The Morgan fingerprint density at radius 2 is 0.981 bits per heavy atom. The average molecular weight is 870 g/mol. The zero-order valence-electron chi connectivity index (χ0n) is 36.3. The Bertz CT molecular complexity index is 726. The summed E-state index contributed by atoms with van der Waals surface area (Å²) < 4.78 is 19.8. The molecule has 0 fully saturated rings. The van der Waals surface area contributed by atoms with E-state index in [4.69, 9.17) is 13.1 Å². The highest BCUT2D eigenvalue weighted by atomic mass is 79.9. The average Bonchev–Trinajstić information content (AvgIpc) is 3.15. The minimum atomic E-state index is -1.61. The molecule has 0 bridgehead atoms. The second kappa shape index (κ2) is 44.3. The maximum absolute atomic E-state index is 6.73. The van der Waals surface area contributed by atoms with Gasteiger partial charge in [-0.1, -0.05) is 218 Å². The van der Waals surface area contributed by atoms with Gasteiger partial charge in [0.15, 0.2) is 6.29 Å². The van der Waals surface area contributed by atoms with E-state index in [1.165, 1.54) is 205 Å². The Hall–Kier alpha value is 1.15. The van der Waals surface area contributed by atoms with Crippen LogP contribution in [0.2, 0.25) is 0 Å². The topological polar surface area (TPSA) is 27.7 Å².